The predicted molar refractivity (Wildman–Crippen MR) is 102 cm³/mol. The Morgan fingerprint density at radius 2 is 1.88 bits per heavy atom. The first-order valence-electron chi connectivity index (χ1n) is 7.76. The maximum Gasteiger partial charge on any atom is 0.265 e. The van der Waals surface area contributed by atoms with Crippen molar-refractivity contribution in [2.75, 3.05) is 11.8 Å². The summed E-state index contributed by atoms with van der Waals surface area (Å²) in [5.74, 6) is 0.292. The summed E-state index contributed by atoms with van der Waals surface area (Å²) in [5.41, 5.74) is 1.88. The molecule has 0 unspecified atom stereocenters. The molecule has 0 aliphatic carbocycles. The molecular weight excluding hydrogens is 370 g/mol. The van der Waals surface area contributed by atoms with Crippen LogP contribution in [0.3, 0.4) is 0 Å². The molecular formula is C18H15N3O3S2. The van der Waals surface area contributed by atoms with Crippen molar-refractivity contribution in [3.63, 3.8) is 0 Å². The molecule has 8 heteroatoms. The van der Waals surface area contributed by atoms with Crippen molar-refractivity contribution in [3.8, 4) is 17.0 Å². The molecule has 0 spiro atoms. The molecule has 0 saturated carbocycles. The molecule has 2 aromatic heterocycles. The Labute approximate surface area is 154 Å². The summed E-state index contributed by atoms with van der Waals surface area (Å²) in [6.07, 6.45) is 3.79. The molecule has 2 heterocycles. The van der Waals surface area contributed by atoms with Gasteiger partial charge in [-0.2, -0.15) is 0 Å². The first kappa shape index (κ1) is 16.6. The maximum absolute atomic E-state index is 12.9. The highest BCUT2D eigenvalue weighted by Gasteiger charge is 2.21. The van der Waals surface area contributed by atoms with E-state index in [9.17, 15) is 8.42 Å². The van der Waals surface area contributed by atoms with Crippen molar-refractivity contribution in [2.45, 2.75) is 4.90 Å². The average Bonchev–Trinajstić information content (AvgIpc) is 3.24. The van der Waals surface area contributed by atoms with E-state index in [1.165, 1.54) is 24.5 Å². The third kappa shape index (κ3) is 2.93. The summed E-state index contributed by atoms with van der Waals surface area (Å²) < 4.78 is 35.5. The molecule has 0 radical (unpaired) electrons. The van der Waals surface area contributed by atoms with Crippen LogP contribution in [0.5, 0.6) is 5.75 Å². The number of rotatable bonds is 5. The SMILES string of the molecule is COc1ccccc1S(=O)(=O)Nc1ccccc1-c1cn2ccsc2n1. The molecule has 26 heavy (non-hydrogen) atoms. The Hall–Kier alpha value is -2.84. The number of benzene rings is 2. The number of thiazole rings is 1. The van der Waals surface area contributed by atoms with Gasteiger partial charge in [0, 0.05) is 23.3 Å². The summed E-state index contributed by atoms with van der Waals surface area (Å²) in [6, 6.07) is 13.7. The van der Waals surface area contributed by atoms with E-state index in [0.29, 0.717) is 22.7 Å². The van der Waals surface area contributed by atoms with Gasteiger partial charge < -0.3 is 4.74 Å². The fourth-order valence-corrected chi connectivity index (χ4v) is 4.64. The van der Waals surface area contributed by atoms with Gasteiger partial charge in [0.05, 0.1) is 18.5 Å². The Morgan fingerprint density at radius 3 is 2.69 bits per heavy atom. The lowest BCUT2D eigenvalue weighted by Gasteiger charge is -2.13. The average molecular weight is 385 g/mol. The van der Waals surface area contributed by atoms with Crippen LogP contribution in [0.25, 0.3) is 16.2 Å². The highest BCUT2D eigenvalue weighted by molar-refractivity contribution is 7.92. The van der Waals surface area contributed by atoms with Gasteiger partial charge in [0.15, 0.2) is 4.96 Å². The van der Waals surface area contributed by atoms with Crippen LogP contribution in [0.1, 0.15) is 0 Å². The summed E-state index contributed by atoms with van der Waals surface area (Å²) in [5, 5.41) is 1.95. The van der Waals surface area contributed by atoms with Gasteiger partial charge in [-0.15, -0.1) is 11.3 Å². The zero-order chi connectivity index (χ0) is 18.1. The Kier molecular flexibility index (Phi) is 4.14. The molecule has 0 bridgehead atoms. The number of hydrogen-bond acceptors (Lipinski definition) is 5. The molecule has 4 rings (SSSR count). The Balaban J connectivity index is 1.76. The van der Waals surface area contributed by atoms with Gasteiger partial charge in [-0.1, -0.05) is 30.3 Å². The highest BCUT2D eigenvalue weighted by Crippen LogP contribution is 2.31. The van der Waals surface area contributed by atoms with Crippen molar-refractivity contribution >= 4 is 32.0 Å². The third-order valence-corrected chi connectivity index (χ3v) is 6.07. The predicted octanol–water partition coefficient (Wildman–Crippen LogP) is 3.87. The maximum atomic E-state index is 12.9. The summed E-state index contributed by atoms with van der Waals surface area (Å²) in [7, 11) is -2.37. The van der Waals surface area contributed by atoms with Crippen molar-refractivity contribution in [3.05, 3.63) is 66.3 Å². The van der Waals surface area contributed by atoms with Crippen LogP contribution < -0.4 is 9.46 Å². The second-order valence-electron chi connectivity index (χ2n) is 5.52. The number of anilines is 1. The monoisotopic (exact) mass is 385 g/mol. The van der Waals surface area contributed by atoms with E-state index in [4.69, 9.17) is 4.74 Å². The number of ether oxygens (including phenoxy) is 1. The molecule has 0 amide bonds. The molecule has 2 aromatic carbocycles. The zero-order valence-electron chi connectivity index (χ0n) is 13.8. The second kappa shape index (κ2) is 6.47. The molecule has 132 valence electrons. The first-order chi connectivity index (χ1) is 12.6. The van der Waals surface area contributed by atoms with E-state index < -0.39 is 10.0 Å². The van der Waals surface area contributed by atoms with Gasteiger partial charge in [-0.3, -0.25) is 9.12 Å². The van der Waals surface area contributed by atoms with Gasteiger partial charge in [-0.05, 0) is 18.2 Å². The van der Waals surface area contributed by atoms with Crippen LogP contribution in [0.2, 0.25) is 0 Å². The summed E-state index contributed by atoms with van der Waals surface area (Å²) in [4.78, 5) is 5.50. The van der Waals surface area contributed by atoms with Crippen LogP contribution in [0, 0.1) is 0 Å². The van der Waals surface area contributed by atoms with Gasteiger partial charge in [0.1, 0.15) is 10.6 Å². The lowest BCUT2D eigenvalue weighted by Crippen LogP contribution is -2.14. The topological polar surface area (TPSA) is 72.7 Å². The quantitative estimate of drug-likeness (QED) is 0.566. The van der Waals surface area contributed by atoms with Crippen molar-refractivity contribution < 1.29 is 13.2 Å². The smallest absolute Gasteiger partial charge is 0.265 e. The first-order valence-corrected chi connectivity index (χ1v) is 10.1. The number of methoxy groups -OCH3 is 1. The van der Waals surface area contributed by atoms with E-state index in [1.54, 1.807) is 30.3 Å². The van der Waals surface area contributed by atoms with Crippen LogP contribution in [0.4, 0.5) is 5.69 Å². The molecule has 0 aliphatic heterocycles. The van der Waals surface area contributed by atoms with Crippen molar-refractivity contribution in [1.82, 2.24) is 9.38 Å². The highest BCUT2D eigenvalue weighted by atomic mass is 32.2. The summed E-state index contributed by atoms with van der Waals surface area (Å²) in [6.45, 7) is 0. The van der Waals surface area contributed by atoms with Crippen LogP contribution in [-0.2, 0) is 10.0 Å². The number of para-hydroxylation sites is 2. The minimum atomic E-state index is -3.81. The number of fused-ring (bicyclic) bond motifs is 1. The molecule has 0 atom stereocenters. The van der Waals surface area contributed by atoms with Crippen LogP contribution in [0.15, 0.2) is 71.2 Å². The van der Waals surface area contributed by atoms with Crippen LogP contribution in [-0.4, -0.2) is 24.9 Å². The number of nitrogens with one attached hydrogen (secondary N) is 1. The van der Waals surface area contributed by atoms with E-state index in [1.807, 2.05) is 34.3 Å². The molecule has 0 fully saturated rings. The second-order valence-corrected chi connectivity index (χ2v) is 8.04. The largest absolute Gasteiger partial charge is 0.495 e. The number of hydrogen-bond donors (Lipinski definition) is 1. The molecule has 0 saturated heterocycles. The van der Waals surface area contributed by atoms with E-state index in [-0.39, 0.29) is 4.90 Å². The molecule has 0 aliphatic rings. The molecule has 1 N–H and O–H groups in total. The van der Waals surface area contributed by atoms with E-state index in [0.717, 1.165) is 4.96 Å². The normalized spacial score (nSPS) is 11.6. The number of imidazole rings is 1. The Morgan fingerprint density at radius 1 is 1.12 bits per heavy atom. The van der Waals surface area contributed by atoms with Gasteiger partial charge in [0.2, 0.25) is 0 Å². The molecule has 4 aromatic rings. The Bertz CT molecular complexity index is 1150. The number of aromatic nitrogens is 2. The van der Waals surface area contributed by atoms with Crippen molar-refractivity contribution in [2.24, 2.45) is 0 Å². The van der Waals surface area contributed by atoms with Gasteiger partial charge in [0.25, 0.3) is 10.0 Å². The fourth-order valence-electron chi connectivity index (χ4n) is 2.69. The lowest BCUT2D eigenvalue weighted by atomic mass is 10.1. The third-order valence-electron chi connectivity index (χ3n) is 3.90. The van der Waals surface area contributed by atoms with Gasteiger partial charge in [-0.25, -0.2) is 13.4 Å². The van der Waals surface area contributed by atoms with Gasteiger partial charge >= 0.3 is 0 Å². The lowest BCUT2D eigenvalue weighted by molar-refractivity contribution is 0.403. The van der Waals surface area contributed by atoms with E-state index >= 15 is 0 Å². The molecule has 6 nitrogen and oxygen atoms in total. The van der Waals surface area contributed by atoms with E-state index in [2.05, 4.69) is 9.71 Å². The minimum Gasteiger partial charge on any atom is -0.495 e. The zero-order valence-corrected chi connectivity index (χ0v) is 15.4. The number of nitrogens with zero attached hydrogens (tertiary/aromatic N) is 2. The standard InChI is InChI=1S/C18H15N3O3S2/c1-24-16-8-4-5-9-17(16)26(22,23)20-14-7-3-2-6-13(14)15-12-21-10-11-25-18(21)19-15/h2-12,20H,1H3. The van der Waals surface area contributed by atoms with Crippen LogP contribution >= 0.6 is 11.3 Å². The number of sulfonamides is 1. The minimum absolute atomic E-state index is 0.0862. The van der Waals surface area contributed by atoms with Crippen molar-refractivity contribution in [1.29, 1.82) is 0 Å². The fraction of sp³-hybridized carbons (Fsp3) is 0.0556. The summed E-state index contributed by atoms with van der Waals surface area (Å²) >= 11 is 1.52.